The number of nitrogens with zero attached hydrogens (tertiary/aromatic N) is 3. The fourth-order valence-corrected chi connectivity index (χ4v) is 5.78. The van der Waals surface area contributed by atoms with Crippen LogP contribution in [0.15, 0.2) is 42.1 Å². The number of halogens is 1. The fraction of sp³-hybridized carbons (Fsp3) is 0.533. The standard InChI is InChI=1S/C30H40FN3O3/c1-20(30(35)36-5)19-34-21(2)17-26-25-10-7-6-9-23(25)18-27(26)28(34)24-11-13-32-29(22(24)3)37-16-15-33(4)14-8-12-31/h6-7,9-11,13,20-21,28H,8,12,14-19H2,1-5H3/t20-,21-,28?/m1/s1. The highest BCUT2D eigenvalue weighted by Gasteiger charge is 2.40. The molecule has 0 spiro atoms. The minimum Gasteiger partial charge on any atom is -0.476 e. The van der Waals surface area contributed by atoms with Gasteiger partial charge in [-0.3, -0.25) is 14.1 Å². The Hall–Kier alpha value is -2.77. The van der Waals surface area contributed by atoms with Gasteiger partial charge in [0.05, 0.1) is 25.7 Å². The number of aromatic nitrogens is 1. The topological polar surface area (TPSA) is 54.9 Å². The minimum absolute atomic E-state index is 0.0239. The van der Waals surface area contributed by atoms with Gasteiger partial charge in [0.1, 0.15) is 6.61 Å². The molecule has 0 saturated carbocycles. The maximum atomic E-state index is 12.5. The van der Waals surface area contributed by atoms with Gasteiger partial charge in [-0.25, -0.2) is 4.98 Å². The van der Waals surface area contributed by atoms with Crippen LogP contribution in [0.25, 0.3) is 5.57 Å². The average Bonchev–Trinajstić information content (AvgIpc) is 3.26. The van der Waals surface area contributed by atoms with Gasteiger partial charge in [-0.05, 0) is 74.1 Å². The van der Waals surface area contributed by atoms with E-state index in [0.717, 1.165) is 18.4 Å². The Morgan fingerprint density at radius 3 is 2.81 bits per heavy atom. The molecule has 37 heavy (non-hydrogen) atoms. The summed E-state index contributed by atoms with van der Waals surface area (Å²) in [7, 11) is 3.43. The maximum absolute atomic E-state index is 12.5. The number of rotatable bonds is 11. The van der Waals surface area contributed by atoms with E-state index in [1.165, 1.54) is 34.9 Å². The minimum atomic E-state index is -0.305. The van der Waals surface area contributed by atoms with E-state index < -0.39 is 0 Å². The lowest BCUT2D eigenvalue weighted by Gasteiger charge is -2.43. The van der Waals surface area contributed by atoms with E-state index >= 15 is 0 Å². The van der Waals surface area contributed by atoms with E-state index in [1.807, 2.05) is 20.2 Å². The number of hydrogen-bond donors (Lipinski definition) is 0. The zero-order chi connectivity index (χ0) is 26.5. The molecule has 0 saturated heterocycles. The van der Waals surface area contributed by atoms with Crippen LogP contribution in [0.4, 0.5) is 4.39 Å². The lowest BCUT2D eigenvalue weighted by Crippen LogP contribution is -2.44. The molecule has 0 fully saturated rings. The van der Waals surface area contributed by atoms with Gasteiger partial charge < -0.3 is 14.4 Å². The monoisotopic (exact) mass is 509 g/mol. The number of methoxy groups -OCH3 is 1. The zero-order valence-electron chi connectivity index (χ0n) is 22.8. The van der Waals surface area contributed by atoms with Gasteiger partial charge >= 0.3 is 5.97 Å². The highest BCUT2D eigenvalue weighted by atomic mass is 19.1. The second kappa shape index (κ2) is 12.2. The molecule has 0 radical (unpaired) electrons. The van der Waals surface area contributed by atoms with Crippen LogP contribution < -0.4 is 4.74 Å². The first-order chi connectivity index (χ1) is 17.8. The van der Waals surface area contributed by atoms with Gasteiger partial charge in [-0.15, -0.1) is 0 Å². The van der Waals surface area contributed by atoms with Crippen LogP contribution >= 0.6 is 0 Å². The van der Waals surface area contributed by atoms with Crippen molar-refractivity contribution in [1.82, 2.24) is 14.8 Å². The molecule has 200 valence electrons. The maximum Gasteiger partial charge on any atom is 0.309 e. The van der Waals surface area contributed by atoms with Crippen molar-refractivity contribution >= 4 is 11.5 Å². The molecular weight excluding hydrogens is 469 g/mol. The summed E-state index contributed by atoms with van der Waals surface area (Å²) < 4.78 is 23.7. The van der Waals surface area contributed by atoms with E-state index in [-0.39, 0.29) is 30.6 Å². The molecule has 1 aliphatic carbocycles. The van der Waals surface area contributed by atoms with Crippen molar-refractivity contribution in [2.45, 2.75) is 52.1 Å². The molecule has 2 heterocycles. The summed E-state index contributed by atoms with van der Waals surface area (Å²) in [5.74, 6) is 0.208. The first-order valence-corrected chi connectivity index (χ1v) is 13.3. The van der Waals surface area contributed by atoms with E-state index in [2.05, 4.69) is 59.0 Å². The highest BCUT2D eigenvalue weighted by molar-refractivity contribution is 5.79. The highest BCUT2D eigenvalue weighted by Crippen LogP contribution is 2.49. The van der Waals surface area contributed by atoms with Crippen molar-refractivity contribution in [2.24, 2.45) is 5.92 Å². The van der Waals surface area contributed by atoms with Crippen molar-refractivity contribution < 1.29 is 18.7 Å². The van der Waals surface area contributed by atoms with Crippen LogP contribution in [0.3, 0.4) is 0 Å². The molecule has 7 heteroatoms. The Morgan fingerprint density at radius 1 is 1.27 bits per heavy atom. The molecule has 6 nitrogen and oxygen atoms in total. The third-order valence-electron chi connectivity index (χ3n) is 7.81. The predicted octanol–water partition coefficient (Wildman–Crippen LogP) is 5.01. The number of likely N-dealkylation sites (N-methyl/N-ethyl adjacent to an activating group) is 1. The van der Waals surface area contributed by atoms with Gasteiger partial charge in [-0.1, -0.05) is 31.2 Å². The largest absolute Gasteiger partial charge is 0.476 e. The van der Waals surface area contributed by atoms with E-state index in [0.29, 0.717) is 38.5 Å². The summed E-state index contributed by atoms with van der Waals surface area (Å²) in [5, 5.41) is 0. The Morgan fingerprint density at radius 2 is 2.05 bits per heavy atom. The molecule has 1 unspecified atom stereocenters. The van der Waals surface area contributed by atoms with Gasteiger partial charge in [0, 0.05) is 37.4 Å². The lowest BCUT2D eigenvalue weighted by molar-refractivity contribution is -0.145. The fourth-order valence-electron chi connectivity index (χ4n) is 5.78. The Kier molecular flexibility index (Phi) is 8.98. The van der Waals surface area contributed by atoms with Crippen molar-refractivity contribution in [3.63, 3.8) is 0 Å². The number of ether oxygens (including phenoxy) is 2. The molecular formula is C30H40FN3O3. The molecule has 3 atom stereocenters. The van der Waals surface area contributed by atoms with Crippen LogP contribution in [-0.2, 0) is 16.0 Å². The van der Waals surface area contributed by atoms with Crippen LogP contribution in [0, 0.1) is 12.8 Å². The molecule has 1 aromatic heterocycles. The van der Waals surface area contributed by atoms with Gasteiger partial charge in [0.15, 0.2) is 0 Å². The number of esters is 1. The number of pyridine rings is 1. The van der Waals surface area contributed by atoms with Crippen molar-refractivity contribution in [2.75, 3.05) is 47.1 Å². The number of hydrogen-bond acceptors (Lipinski definition) is 6. The second-order valence-electron chi connectivity index (χ2n) is 10.4. The van der Waals surface area contributed by atoms with E-state index in [1.54, 1.807) is 0 Å². The molecule has 0 N–H and O–H groups in total. The van der Waals surface area contributed by atoms with Crippen LogP contribution in [0.2, 0.25) is 0 Å². The number of benzene rings is 1. The summed E-state index contributed by atoms with van der Waals surface area (Å²) in [5.41, 5.74) is 7.75. The summed E-state index contributed by atoms with van der Waals surface area (Å²) in [6.07, 6.45) is 4.22. The average molecular weight is 510 g/mol. The van der Waals surface area contributed by atoms with Gasteiger partial charge in [-0.2, -0.15) is 0 Å². The molecule has 2 aromatic rings. The number of carbonyl (C=O) groups is 1. The third-order valence-corrected chi connectivity index (χ3v) is 7.81. The summed E-state index contributed by atoms with van der Waals surface area (Å²) in [6.45, 7) is 8.48. The molecule has 0 amide bonds. The number of carbonyl (C=O) groups excluding carboxylic acids is 1. The third kappa shape index (κ3) is 5.88. The first-order valence-electron chi connectivity index (χ1n) is 13.3. The smallest absolute Gasteiger partial charge is 0.309 e. The first kappa shape index (κ1) is 27.3. The molecule has 1 aromatic carbocycles. The molecule has 0 bridgehead atoms. The Bertz CT molecular complexity index is 1130. The van der Waals surface area contributed by atoms with Crippen LogP contribution in [0.1, 0.15) is 55.0 Å². The van der Waals surface area contributed by atoms with E-state index in [9.17, 15) is 9.18 Å². The van der Waals surface area contributed by atoms with Gasteiger partial charge in [0.25, 0.3) is 0 Å². The van der Waals surface area contributed by atoms with E-state index in [4.69, 9.17) is 9.47 Å². The van der Waals surface area contributed by atoms with Gasteiger partial charge in [0.2, 0.25) is 5.88 Å². The predicted molar refractivity (Wildman–Crippen MR) is 144 cm³/mol. The SMILES string of the molecule is COC(=O)[C@H](C)CN1C(c2ccnc(OCCN(C)CCCF)c2C)C2=C(C[C@H]1C)c1ccccc1C2. The zero-order valence-corrected chi connectivity index (χ0v) is 22.8. The molecule has 4 rings (SSSR count). The summed E-state index contributed by atoms with van der Waals surface area (Å²) >= 11 is 0. The van der Waals surface area contributed by atoms with Crippen LogP contribution in [-0.4, -0.2) is 73.9 Å². The summed E-state index contributed by atoms with van der Waals surface area (Å²) in [6, 6.07) is 11.1. The second-order valence-corrected chi connectivity index (χ2v) is 10.4. The quantitative estimate of drug-likeness (QED) is 0.397. The van der Waals surface area contributed by atoms with Crippen molar-refractivity contribution in [3.8, 4) is 5.88 Å². The normalized spacial score (nSPS) is 20.1. The molecule has 2 aliphatic rings. The Labute approximate surface area is 220 Å². The van der Waals surface area contributed by atoms with Crippen molar-refractivity contribution in [3.05, 3.63) is 64.4 Å². The van der Waals surface area contributed by atoms with Crippen molar-refractivity contribution in [1.29, 1.82) is 0 Å². The number of alkyl halides is 1. The lowest BCUT2D eigenvalue weighted by atomic mass is 9.83. The summed E-state index contributed by atoms with van der Waals surface area (Å²) in [4.78, 5) is 21.5. The molecule has 1 aliphatic heterocycles. The number of fused-ring (bicyclic) bond motifs is 2. The Balaban J connectivity index is 1.66. The van der Waals surface area contributed by atoms with Crippen LogP contribution in [0.5, 0.6) is 5.88 Å².